The van der Waals surface area contributed by atoms with Crippen LogP contribution in [-0.4, -0.2) is 64.6 Å². The molecule has 0 fully saturated rings. The molecule has 246 valence electrons. The first-order valence-corrected chi connectivity index (χ1v) is 15.4. The van der Waals surface area contributed by atoms with Gasteiger partial charge in [0.05, 0.1) is 52.3 Å². The number of ether oxygens (including phenoxy) is 3. The van der Waals surface area contributed by atoms with Crippen LogP contribution in [-0.2, 0) is 16.5 Å². The molecule has 1 aliphatic rings. The van der Waals surface area contributed by atoms with E-state index in [0.717, 1.165) is 0 Å². The lowest BCUT2D eigenvalue weighted by molar-refractivity contribution is -0.149. The van der Waals surface area contributed by atoms with E-state index in [2.05, 4.69) is 15.0 Å². The van der Waals surface area contributed by atoms with Gasteiger partial charge in [0, 0.05) is 23.2 Å². The zero-order chi connectivity index (χ0) is 33.9. The van der Waals surface area contributed by atoms with Crippen LogP contribution in [0, 0.1) is 11.3 Å². The fourth-order valence-electron chi connectivity index (χ4n) is 4.69. The van der Waals surface area contributed by atoms with E-state index in [1.165, 1.54) is 43.5 Å². The minimum Gasteiger partial charge on any atom is -0.493 e. The number of nitrogens with zero attached hydrogens (tertiary/aromatic N) is 2. The highest BCUT2D eigenvalue weighted by Gasteiger charge is 2.46. The number of methoxy groups -OCH3 is 1. The van der Waals surface area contributed by atoms with Crippen LogP contribution in [0.1, 0.15) is 60.8 Å². The summed E-state index contributed by atoms with van der Waals surface area (Å²) in [7, 11) is -0.254. The highest BCUT2D eigenvalue weighted by molar-refractivity contribution is 7.84. The maximum atomic E-state index is 14.7. The summed E-state index contributed by atoms with van der Waals surface area (Å²) < 4.78 is 76.2. The zero-order valence-corrected chi connectivity index (χ0v) is 26.8. The topological polar surface area (TPSA) is 143 Å². The SMILES string of the molecule is COc1cc(C(=O)NCC(c2cc3c(c(-c4ccc(C#N)cc4)n2)OCC3(C)NS(=O)C(C)(C)C)C(F)(F)F)ccc1OCCO. The van der Waals surface area contributed by atoms with Crippen molar-refractivity contribution in [2.75, 3.05) is 33.5 Å². The molecule has 10 nitrogen and oxygen atoms in total. The molecule has 0 spiro atoms. The van der Waals surface area contributed by atoms with Crippen LogP contribution in [0.15, 0.2) is 48.5 Å². The second kappa shape index (κ2) is 13.7. The van der Waals surface area contributed by atoms with E-state index in [4.69, 9.17) is 19.3 Å². The Morgan fingerprint density at radius 1 is 1.17 bits per heavy atom. The van der Waals surface area contributed by atoms with Crippen LogP contribution in [0.4, 0.5) is 13.2 Å². The average Bonchev–Trinajstić information content (AvgIpc) is 3.34. The van der Waals surface area contributed by atoms with Crippen LogP contribution in [0.25, 0.3) is 11.3 Å². The number of nitrogens with one attached hydrogen (secondary N) is 2. The lowest BCUT2D eigenvalue weighted by Crippen LogP contribution is -2.47. The maximum absolute atomic E-state index is 14.7. The van der Waals surface area contributed by atoms with Gasteiger partial charge in [-0.2, -0.15) is 18.4 Å². The van der Waals surface area contributed by atoms with Gasteiger partial charge in [-0.25, -0.2) is 13.9 Å². The summed E-state index contributed by atoms with van der Waals surface area (Å²) in [5.41, 5.74) is -0.266. The lowest BCUT2D eigenvalue weighted by Gasteiger charge is -2.29. The number of pyridine rings is 1. The van der Waals surface area contributed by atoms with Crippen LogP contribution >= 0.6 is 0 Å². The second-order valence-electron chi connectivity index (χ2n) is 11.8. The van der Waals surface area contributed by atoms with Crippen molar-refractivity contribution < 1.29 is 41.5 Å². The molecule has 3 atom stereocenters. The number of hydrogen-bond acceptors (Lipinski definition) is 8. The van der Waals surface area contributed by atoms with E-state index >= 15 is 0 Å². The minimum absolute atomic E-state index is 0.0148. The average molecular weight is 661 g/mol. The summed E-state index contributed by atoms with van der Waals surface area (Å²) in [6.45, 7) is 5.87. The molecule has 0 aliphatic carbocycles. The minimum atomic E-state index is -4.83. The third-order valence-electron chi connectivity index (χ3n) is 7.25. The Balaban J connectivity index is 1.74. The Kier molecular flexibility index (Phi) is 10.3. The molecule has 0 radical (unpaired) electrons. The fourth-order valence-corrected chi connectivity index (χ4v) is 5.58. The summed E-state index contributed by atoms with van der Waals surface area (Å²) in [5, 5.41) is 20.6. The lowest BCUT2D eigenvalue weighted by atomic mass is 9.91. The molecule has 1 amide bonds. The number of rotatable bonds is 11. The van der Waals surface area contributed by atoms with Crippen molar-refractivity contribution in [1.82, 2.24) is 15.0 Å². The Morgan fingerprint density at radius 3 is 2.46 bits per heavy atom. The molecule has 0 saturated heterocycles. The van der Waals surface area contributed by atoms with Crippen LogP contribution in [0.3, 0.4) is 0 Å². The largest absolute Gasteiger partial charge is 0.493 e. The van der Waals surface area contributed by atoms with Gasteiger partial charge in [0.25, 0.3) is 5.91 Å². The molecule has 0 bridgehead atoms. The van der Waals surface area contributed by atoms with E-state index in [0.29, 0.717) is 16.7 Å². The Labute approximate surface area is 267 Å². The van der Waals surface area contributed by atoms with Gasteiger partial charge in [-0.15, -0.1) is 0 Å². The quantitative estimate of drug-likeness (QED) is 0.268. The number of carbonyl (C=O) groups is 1. The number of amides is 1. The number of aromatic nitrogens is 1. The molecule has 0 saturated carbocycles. The Morgan fingerprint density at radius 2 is 1.87 bits per heavy atom. The van der Waals surface area contributed by atoms with Crippen molar-refractivity contribution in [2.24, 2.45) is 0 Å². The third-order valence-corrected chi connectivity index (χ3v) is 9.00. The molecular formula is C32H35F3N4O6S. The molecule has 3 unspecified atom stereocenters. The smallest absolute Gasteiger partial charge is 0.398 e. The van der Waals surface area contributed by atoms with Crippen molar-refractivity contribution in [3.05, 3.63) is 70.9 Å². The van der Waals surface area contributed by atoms with Gasteiger partial charge in [0.15, 0.2) is 17.2 Å². The van der Waals surface area contributed by atoms with Crippen LogP contribution in [0.5, 0.6) is 17.2 Å². The number of benzene rings is 2. The predicted octanol–water partition coefficient (Wildman–Crippen LogP) is 4.74. The van der Waals surface area contributed by atoms with E-state index in [1.54, 1.807) is 39.8 Å². The van der Waals surface area contributed by atoms with E-state index in [-0.39, 0.29) is 54.0 Å². The highest BCUT2D eigenvalue weighted by atomic mass is 32.2. The molecule has 3 N–H and O–H groups in total. The predicted molar refractivity (Wildman–Crippen MR) is 165 cm³/mol. The standard InChI is InChI=1S/C32H35F3N4O6S/c1-30(2,3)46(42)39-31(4)18-45-28-22(31)15-24(38-27(28)20-8-6-19(16-36)7-9-20)23(32(33,34)35)17-37-29(41)21-10-11-25(44-13-12-40)26(14-21)43-5/h6-11,14-15,23,39-40H,12-13,17-18H2,1-5H3,(H,37,41). The molecular weight excluding hydrogens is 625 g/mol. The summed E-state index contributed by atoms with van der Waals surface area (Å²) >= 11 is 0. The van der Waals surface area contributed by atoms with Gasteiger partial charge in [-0.1, -0.05) is 12.1 Å². The second-order valence-corrected chi connectivity index (χ2v) is 13.8. The van der Waals surface area contributed by atoms with Crippen LogP contribution in [0.2, 0.25) is 0 Å². The molecule has 1 aliphatic heterocycles. The molecule has 2 heterocycles. The third kappa shape index (κ3) is 7.60. The molecule has 1 aromatic heterocycles. The first kappa shape index (κ1) is 34.7. The van der Waals surface area contributed by atoms with Crippen molar-refractivity contribution in [3.63, 3.8) is 0 Å². The Hall–Kier alpha value is -4.19. The van der Waals surface area contributed by atoms with Crippen LogP contribution < -0.4 is 24.2 Å². The number of carbonyl (C=O) groups excluding carboxylic acids is 1. The number of halogens is 3. The van der Waals surface area contributed by atoms with Gasteiger partial charge in [-0.05, 0) is 64.1 Å². The monoisotopic (exact) mass is 660 g/mol. The van der Waals surface area contributed by atoms with E-state index in [9.17, 15) is 27.4 Å². The number of aliphatic hydroxyl groups is 1. The van der Waals surface area contributed by atoms with Gasteiger partial charge < -0.3 is 24.6 Å². The number of aliphatic hydroxyl groups excluding tert-OH is 1. The van der Waals surface area contributed by atoms with Gasteiger partial charge in [0.2, 0.25) is 0 Å². The van der Waals surface area contributed by atoms with Crippen molar-refractivity contribution in [3.8, 4) is 34.6 Å². The van der Waals surface area contributed by atoms with Gasteiger partial charge >= 0.3 is 6.18 Å². The molecule has 46 heavy (non-hydrogen) atoms. The zero-order valence-electron chi connectivity index (χ0n) is 25.9. The highest BCUT2D eigenvalue weighted by Crippen LogP contribution is 2.46. The number of alkyl halides is 3. The summed E-state index contributed by atoms with van der Waals surface area (Å²) in [5.74, 6) is -2.36. The molecule has 2 aromatic carbocycles. The van der Waals surface area contributed by atoms with Gasteiger partial charge in [-0.3, -0.25) is 4.79 Å². The van der Waals surface area contributed by atoms with Crippen molar-refractivity contribution in [2.45, 2.75) is 50.1 Å². The van der Waals surface area contributed by atoms with Crippen molar-refractivity contribution in [1.29, 1.82) is 5.26 Å². The van der Waals surface area contributed by atoms with E-state index < -0.39 is 45.8 Å². The Bertz CT molecular complexity index is 1650. The van der Waals surface area contributed by atoms with Crippen molar-refractivity contribution >= 4 is 16.9 Å². The molecule has 4 rings (SSSR count). The number of fused-ring (bicyclic) bond motifs is 1. The first-order chi connectivity index (χ1) is 21.6. The molecule has 14 heteroatoms. The van der Waals surface area contributed by atoms with Gasteiger partial charge in [0.1, 0.15) is 24.8 Å². The number of nitriles is 1. The summed E-state index contributed by atoms with van der Waals surface area (Å²) in [4.78, 5) is 17.4. The maximum Gasteiger partial charge on any atom is 0.398 e. The summed E-state index contributed by atoms with van der Waals surface area (Å²) in [6.07, 6.45) is -4.83. The van der Waals surface area contributed by atoms with E-state index in [1.807, 2.05) is 6.07 Å². The summed E-state index contributed by atoms with van der Waals surface area (Å²) in [6, 6.07) is 13.6. The molecule has 3 aromatic rings. The normalized spacial score (nSPS) is 17.3. The number of hydrogen-bond donors (Lipinski definition) is 3. The first-order valence-electron chi connectivity index (χ1n) is 14.3. The fraction of sp³-hybridized carbons (Fsp3) is 0.406.